The van der Waals surface area contributed by atoms with Gasteiger partial charge in [0, 0.05) is 24.3 Å². The number of aromatic amines is 1. The molecule has 35 heavy (non-hydrogen) atoms. The monoisotopic (exact) mass is 503 g/mol. The molecule has 1 unspecified atom stereocenters. The van der Waals surface area contributed by atoms with Crippen molar-refractivity contribution in [2.24, 2.45) is 0 Å². The van der Waals surface area contributed by atoms with Gasteiger partial charge in [-0.1, -0.05) is 17.7 Å². The summed E-state index contributed by atoms with van der Waals surface area (Å²) >= 11 is 0. The lowest BCUT2D eigenvalue weighted by Gasteiger charge is -2.16. The molecule has 2 heterocycles. The Labute approximate surface area is 200 Å². The number of halogens is 2. The number of pyridine rings is 1. The first-order valence-electron chi connectivity index (χ1n) is 10.6. The van der Waals surface area contributed by atoms with Gasteiger partial charge in [0.2, 0.25) is 0 Å². The number of hydrogen-bond acceptors (Lipinski definition) is 6. The van der Waals surface area contributed by atoms with Crippen LogP contribution in [0.2, 0.25) is 0 Å². The molecule has 0 spiro atoms. The smallest absolute Gasteiger partial charge is 0.261 e. The fraction of sp³-hybridized carbons (Fsp3) is 0.208. The number of aliphatic hydroxyl groups excluding tert-OH is 1. The molecular weight excluding hydrogens is 480 g/mol. The Hall–Kier alpha value is -3.54. The molecular formula is C24H23F2N3O5S. The van der Waals surface area contributed by atoms with Gasteiger partial charge in [-0.05, 0) is 37.3 Å². The summed E-state index contributed by atoms with van der Waals surface area (Å²) in [5, 5.41) is 11.3. The lowest BCUT2D eigenvalue weighted by atomic mass is 10.00. The van der Waals surface area contributed by atoms with E-state index < -0.39 is 39.0 Å². The number of nitrogens with one attached hydrogen (secondary N) is 2. The number of aliphatic hydroxyl groups is 1. The fourth-order valence-electron chi connectivity index (χ4n) is 3.53. The first-order chi connectivity index (χ1) is 16.7. The van der Waals surface area contributed by atoms with Crippen LogP contribution in [0.25, 0.3) is 11.0 Å². The van der Waals surface area contributed by atoms with Crippen molar-refractivity contribution in [3.63, 3.8) is 0 Å². The van der Waals surface area contributed by atoms with Gasteiger partial charge in [0.1, 0.15) is 29.9 Å². The summed E-state index contributed by atoms with van der Waals surface area (Å²) < 4.78 is 68.1. The van der Waals surface area contributed by atoms with Gasteiger partial charge >= 0.3 is 0 Å². The highest BCUT2D eigenvalue weighted by molar-refractivity contribution is 7.92. The van der Waals surface area contributed by atoms with Crippen LogP contribution in [0.15, 0.2) is 59.8 Å². The van der Waals surface area contributed by atoms with E-state index in [1.54, 1.807) is 25.1 Å². The lowest BCUT2D eigenvalue weighted by Crippen LogP contribution is -2.16. The predicted octanol–water partition coefficient (Wildman–Crippen LogP) is 4.06. The minimum Gasteiger partial charge on any atom is -0.490 e. The summed E-state index contributed by atoms with van der Waals surface area (Å²) in [6, 6.07) is 9.38. The van der Waals surface area contributed by atoms with E-state index in [9.17, 15) is 17.9 Å². The summed E-state index contributed by atoms with van der Waals surface area (Å²) in [4.78, 5) is 6.95. The maximum atomic E-state index is 15.4. The van der Waals surface area contributed by atoms with Gasteiger partial charge in [-0.3, -0.25) is 4.72 Å². The number of aromatic nitrogens is 2. The van der Waals surface area contributed by atoms with E-state index in [2.05, 4.69) is 14.7 Å². The van der Waals surface area contributed by atoms with Gasteiger partial charge in [0.15, 0.2) is 5.82 Å². The molecule has 3 N–H and O–H groups in total. The zero-order valence-corrected chi connectivity index (χ0v) is 19.7. The van der Waals surface area contributed by atoms with Gasteiger partial charge in [-0.25, -0.2) is 22.2 Å². The average molecular weight is 504 g/mol. The summed E-state index contributed by atoms with van der Waals surface area (Å²) in [7, 11) is -2.62. The largest absolute Gasteiger partial charge is 0.490 e. The molecule has 8 nitrogen and oxygen atoms in total. The van der Waals surface area contributed by atoms with Crippen molar-refractivity contribution in [2.75, 3.05) is 25.0 Å². The molecule has 0 aliphatic heterocycles. The van der Waals surface area contributed by atoms with Crippen LogP contribution in [0.3, 0.4) is 0 Å². The zero-order valence-electron chi connectivity index (χ0n) is 18.9. The molecule has 0 aliphatic rings. The molecule has 11 heteroatoms. The standard InChI is InChI=1S/C24H23F2N3O5S/c1-14-3-5-16(6-4-14)35(31,32)29-20-8-7-19(25)21(22(20)26)23(30)18-13-28-24-17(18)11-15(12-27-24)34-10-9-33-2/h3-8,11-13,23,29-30H,9-10H2,1-2H3,(H,27,28). The van der Waals surface area contributed by atoms with Crippen molar-refractivity contribution in [2.45, 2.75) is 17.9 Å². The first kappa shape index (κ1) is 24.6. The van der Waals surface area contributed by atoms with Crippen molar-refractivity contribution in [1.29, 1.82) is 0 Å². The molecule has 2 aromatic heterocycles. The number of anilines is 1. The van der Waals surface area contributed by atoms with Crippen LogP contribution >= 0.6 is 0 Å². The predicted molar refractivity (Wildman–Crippen MR) is 126 cm³/mol. The normalized spacial score (nSPS) is 12.6. The second kappa shape index (κ2) is 9.98. The number of ether oxygens (including phenoxy) is 2. The highest BCUT2D eigenvalue weighted by Gasteiger charge is 2.27. The van der Waals surface area contributed by atoms with E-state index in [4.69, 9.17) is 9.47 Å². The Bertz CT molecular complexity index is 1460. The van der Waals surface area contributed by atoms with Crippen molar-refractivity contribution in [3.8, 4) is 5.75 Å². The highest BCUT2D eigenvalue weighted by atomic mass is 32.2. The Balaban J connectivity index is 1.69. The summed E-state index contributed by atoms with van der Waals surface area (Å²) in [6.07, 6.45) is 1.08. The number of benzene rings is 2. The Morgan fingerprint density at radius 3 is 2.60 bits per heavy atom. The summed E-state index contributed by atoms with van der Waals surface area (Å²) in [6.45, 7) is 2.41. The van der Waals surface area contributed by atoms with E-state index in [-0.39, 0.29) is 17.1 Å². The third kappa shape index (κ3) is 5.11. The van der Waals surface area contributed by atoms with E-state index in [1.165, 1.54) is 31.6 Å². The van der Waals surface area contributed by atoms with E-state index in [0.717, 1.165) is 17.7 Å². The molecule has 0 amide bonds. The van der Waals surface area contributed by atoms with Crippen LogP contribution in [0.4, 0.5) is 14.5 Å². The fourth-order valence-corrected chi connectivity index (χ4v) is 4.59. The van der Waals surface area contributed by atoms with Crippen LogP contribution in [0.5, 0.6) is 5.75 Å². The maximum absolute atomic E-state index is 15.4. The van der Waals surface area contributed by atoms with Crippen molar-refractivity contribution in [1.82, 2.24) is 9.97 Å². The van der Waals surface area contributed by atoms with Crippen LogP contribution in [-0.4, -0.2) is 43.8 Å². The van der Waals surface area contributed by atoms with Crippen LogP contribution in [0.1, 0.15) is 22.8 Å². The molecule has 1 atom stereocenters. The number of fused-ring (bicyclic) bond motifs is 1. The third-order valence-corrected chi connectivity index (χ3v) is 6.75. The number of aryl methyl sites for hydroxylation is 1. The van der Waals surface area contributed by atoms with Crippen molar-refractivity contribution < 1.29 is 31.8 Å². The zero-order chi connectivity index (χ0) is 25.2. The SMILES string of the molecule is COCCOc1cnc2[nH]cc(C(O)c3c(F)ccc(NS(=O)(=O)c4ccc(C)cc4)c3F)c2c1. The second-order valence-electron chi connectivity index (χ2n) is 7.80. The Morgan fingerprint density at radius 2 is 1.89 bits per heavy atom. The van der Waals surface area contributed by atoms with Crippen LogP contribution in [0, 0.1) is 18.6 Å². The average Bonchev–Trinajstić information content (AvgIpc) is 3.25. The van der Waals surface area contributed by atoms with Crippen LogP contribution in [-0.2, 0) is 14.8 Å². The second-order valence-corrected chi connectivity index (χ2v) is 9.48. The number of rotatable bonds is 9. The third-order valence-electron chi connectivity index (χ3n) is 5.36. The van der Waals surface area contributed by atoms with E-state index in [0.29, 0.717) is 23.4 Å². The number of H-pyrrole nitrogens is 1. The van der Waals surface area contributed by atoms with Gasteiger partial charge < -0.3 is 19.6 Å². The molecule has 0 bridgehead atoms. The van der Waals surface area contributed by atoms with Crippen molar-refractivity contribution in [3.05, 3.63) is 83.2 Å². The molecule has 0 aliphatic carbocycles. The molecule has 4 rings (SSSR count). The molecule has 0 saturated carbocycles. The van der Waals surface area contributed by atoms with Gasteiger partial charge in [-0.15, -0.1) is 0 Å². The number of methoxy groups -OCH3 is 1. The first-order valence-corrected chi connectivity index (χ1v) is 12.0. The van der Waals surface area contributed by atoms with Crippen molar-refractivity contribution >= 4 is 26.7 Å². The molecule has 0 saturated heterocycles. The minimum absolute atomic E-state index is 0.0855. The van der Waals surface area contributed by atoms with Crippen LogP contribution < -0.4 is 9.46 Å². The lowest BCUT2D eigenvalue weighted by molar-refractivity contribution is 0.146. The van der Waals surface area contributed by atoms with Gasteiger partial charge in [-0.2, -0.15) is 0 Å². The summed E-state index contributed by atoms with van der Waals surface area (Å²) in [5.74, 6) is -1.89. The Kier molecular flexibility index (Phi) is 7.01. The van der Waals surface area contributed by atoms with E-state index in [1.807, 2.05) is 0 Å². The van der Waals surface area contributed by atoms with Gasteiger partial charge in [0.25, 0.3) is 10.0 Å². The molecule has 0 fully saturated rings. The number of hydrogen-bond donors (Lipinski definition) is 3. The number of sulfonamides is 1. The summed E-state index contributed by atoms with van der Waals surface area (Å²) in [5.41, 5.74) is 0.155. The quantitative estimate of drug-likeness (QED) is 0.297. The van der Waals surface area contributed by atoms with Gasteiger partial charge in [0.05, 0.1) is 29.0 Å². The minimum atomic E-state index is -4.15. The highest BCUT2D eigenvalue weighted by Crippen LogP contribution is 2.35. The topological polar surface area (TPSA) is 114 Å². The molecule has 0 radical (unpaired) electrons. The number of nitrogens with zero attached hydrogens (tertiary/aromatic N) is 1. The molecule has 4 aromatic rings. The van der Waals surface area contributed by atoms with E-state index >= 15 is 4.39 Å². The Morgan fingerprint density at radius 1 is 1.14 bits per heavy atom. The maximum Gasteiger partial charge on any atom is 0.261 e. The molecule has 184 valence electrons. The molecule has 2 aromatic carbocycles.